The van der Waals surface area contributed by atoms with Gasteiger partial charge in [-0.05, 0) is 31.0 Å². The van der Waals surface area contributed by atoms with Gasteiger partial charge in [0, 0.05) is 11.0 Å². The third kappa shape index (κ3) is 2.07. The van der Waals surface area contributed by atoms with E-state index >= 15 is 0 Å². The first-order chi connectivity index (χ1) is 8.43. The van der Waals surface area contributed by atoms with E-state index in [4.69, 9.17) is 4.74 Å². The van der Waals surface area contributed by atoms with Gasteiger partial charge in [-0.3, -0.25) is 0 Å². The Morgan fingerprint density at radius 2 is 2.00 bits per heavy atom. The number of hydrogen-bond donors (Lipinski definition) is 1. The lowest BCUT2D eigenvalue weighted by Gasteiger charge is -2.41. The van der Waals surface area contributed by atoms with Gasteiger partial charge in [-0.2, -0.15) is 13.2 Å². The summed E-state index contributed by atoms with van der Waals surface area (Å²) in [6.07, 6.45) is -2.07. The first kappa shape index (κ1) is 13.2. The molecule has 1 saturated carbocycles. The molecule has 2 rings (SSSR count). The van der Waals surface area contributed by atoms with E-state index in [0.29, 0.717) is 24.2 Å². The normalized spacial score (nSPS) is 18.3. The highest BCUT2D eigenvalue weighted by molar-refractivity contribution is 5.44. The van der Waals surface area contributed by atoms with Gasteiger partial charge < -0.3 is 9.84 Å². The Labute approximate surface area is 103 Å². The zero-order valence-corrected chi connectivity index (χ0v) is 10.0. The largest absolute Gasteiger partial charge is 0.496 e. The van der Waals surface area contributed by atoms with Crippen LogP contribution in [0.5, 0.6) is 5.75 Å². The molecule has 0 radical (unpaired) electrons. The van der Waals surface area contributed by atoms with Crippen LogP contribution < -0.4 is 4.74 Å². The summed E-state index contributed by atoms with van der Waals surface area (Å²) in [5, 5.41) is 9.47. The van der Waals surface area contributed by atoms with Gasteiger partial charge in [-0.15, -0.1) is 0 Å². The fourth-order valence-corrected chi connectivity index (χ4v) is 2.41. The molecule has 1 aliphatic rings. The van der Waals surface area contributed by atoms with Crippen LogP contribution in [0.15, 0.2) is 18.2 Å². The molecule has 0 atom stereocenters. The molecule has 1 aliphatic carbocycles. The molecular formula is C13H15F3O2. The number of hydrogen-bond acceptors (Lipinski definition) is 2. The standard InChI is InChI=1S/C13H15F3O2/c1-18-11-4-3-9(13(14,15)16)7-10(11)12(8-17)5-2-6-12/h3-4,7,17H,2,5-6,8H2,1H3. The van der Waals surface area contributed by atoms with Crippen molar-refractivity contribution in [3.05, 3.63) is 29.3 Å². The molecule has 2 nitrogen and oxygen atoms in total. The van der Waals surface area contributed by atoms with Crippen LogP contribution in [0.25, 0.3) is 0 Å². The minimum atomic E-state index is -4.37. The molecule has 5 heteroatoms. The van der Waals surface area contributed by atoms with Crippen molar-refractivity contribution >= 4 is 0 Å². The van der Waals surface area contributed by atoms with Gasteiger partial charge >= 0.3 is 6.18 Å². The van der Waals surface area contributed by atoms with Crippen LogP contribution in [0, 0.1) is 0 Å². The Balaban J connectivity index is 2.49. The van der Waals surface area contributed by atoms with Gasteiger partial charge in [0.25, 0.3) is 0 Å². The topological polar surface area (TPSA) is 29.5 Å². The van der Waals surface area contributed by atoms with Gasteiger partial charge in [0.2, 0.25) is 0 Å². The average Bonchev–Trinajstić information content (AvgIpc) is 2.27. The lowest BCUT2D eigenvalue weighted by atomic mass is 9.64. The van der Waals surface area contributed by atoms with Crippen LogP contribution in [0.2, 0.25) is 0 Å². The van der Waals surface area contributed by atoms with Crippen LogP contribution in [0.1, 0.15) is 30.4 Å². The number of ether oxygens (including phenoxy) is 1. The maximum absolute atomic E-state index is 12.7. The van der Waals surface area contributed by atoms with Crippen LogP contribution in [0.3, 0.4) is 0 Å². The first-order valence-corrected chi connectivity index (χ1v) is 5.79. The van der Waals surface area contributed by atoms with Crippen molar-refractivity contribution in [2.24, 2.45) is 0 Å². The summed E-state index contributed by atoms with van der Waals surface area (Å²) in [5.74, 6) is 0.414. The Morgan fingerprint density at radius 1 is 1.33 bits per heavy atom. The Kier molecular flexibility index (Phi) is 3.27. The number of alkyl halides is 3. The monoisotopic (exact) mass is 260 g/mol. The molecule has 0 unspecified atom stereocenters. The Hall–Kier alpha value is -1.23. The minimum Gasteiger partial charge on any atom is -0.496 e. The van der Waals surface area contributed by atoms with Crippen molar-refractivity contribution in [3.63, 3.8) is 0 Å². The highest BCUT2D eigenvalue weighted by atomic mass is 19.4. The molecule has 0 amide bonds. The van der Waals surface area contributed by atoms with Crippen molar-refractivity contribution in [3.8, 4) is 5.75 Å². The molecule has 1 aromatic rings. The fourth-order valence-electron chi connectivity index (χ4n) is 2.41. The van der Waals surface area contributed by atoms with Crippen LogP contribution >= 0.6 is 0 Å². The molecule has 1 aromatic carbocycles. The molecule has 1 fully saturated rings. The summed E-state index contributed by atoms with van der Waals surface area (Å²) in [6.45, 7) is -0.148. The van der Waals surface area contributed by atoms with E-state index in [1.54, 1.807) is 0 Å². The number of aliphatic hydroxyl groups is 1. The Bertz CT molecular complexity index is 431. The number of methoxy groups -OCH3 is 1. The van der Waals surface area contributed by atoms with Gasteiger partial charge in [0.05, 0.1) is 19.3 Å². The second kappa shape index (κ2) is 4.46. The van der Waals surface area contributed by atoms with Gasteiger partial charge in [0.1, 0.15) is 5.75 Å². The summed E-state index contributed by atoms with van der Waals surface area (Å²) in [6, 6.07) is 3.44. The molecule has 0 heterocycles. The molecule has 0 aromatic heterocycles. The summed E-state index contributed by atoms with van der Waals surface area (Å²) in [4.78, 5) is 0. The van der Waals surface area contributed by atoms with Crippen LogP contribution in [-0.4, -0.2) is 18.8 Å². The molecule has 0 aliphatic heterocycles. The lowest BCUT2D eigenvalue weighted by molar-refractivity contribution is -0.137. The number of aliphatic hydroxyl groups excluding tert-OH is 1. The fraction of sp³-hybridized carbons (Fsp3) is 0.538. The zero-order chi connectivity index (χ0) is 13.4. The molecule has 100 valence electrons. The lowest BCUT2D eigenvalue weighted by Crippen LogP contribution is -2.38. The van der Waals surface area contributed by atoms with E-state index in [-0.39, 0.29) is 6.61 Å². The minimum absolute atomic E-state index is 0.148. The van der Waals surface area contributed by atoms with Gasteiger partial charge in [-0.25, -0.2) is 0 Å². The number of rotatable bonds is 3. The summed E-state index contributed by atoms with van der Waals surface area (Å²) >= 11 is 0. The average molecular weight is 260 g/mol. The predicted molar refractivity (Wildman–Crippen MR) is 60.6 cm³/mol. The molecule has 0 saturated heterocycles. The maximum atomic E-state index is 12.7. The van der Waals surface area contributed by atoms with E-state index < -0.39 is 17.2 Å². The number of benzene rings is 1. The SMILES string of the molecule is COc1ccc(C(F)(F)F)cc1C1(CO)CCC1. The summed E-state index contributed by atoms with van der Waals surface area (Å²) in [5.41, 5.74) is -0.793. The van der Waals surface area contributed by atoms with Crippen molar-refractivity contribution in [2.45, 2.75) is 30.9 Å². The smallest absolute Gasteiger partial charge is 0.416 e. The van der Waals surface area contributed by atoms with E-state index in [0.717, 1.165) is 18.6 Å². The summed E-state index contributed by atoms with van der Waals surface area (Å²) in [7, 11) is 1.43. The van der Waals surface area contributed by atoms with Crippen molar-refractivity contribution < 1.29 is 23.0 Å². The van der Waals surface area contributed by atoms with E-state index in [2.05, 4.69) is 0 Å². The number of halogens is 3. The maximum Gasteiger partial charge on any atom is 0.416 e. The quantitative estimate of drug-likeness (QED) is 0.904. The highest BCUT2D eigenvalue weighted by Crippen LogP contribution is 2.48. The van der Waals surface area contributed by atoms with Crippen molar-refractivity contribution in [1.29, 1.82) is 0 Å². The molecule has 1 N–H and O–H groups in total. The molecule has 0 bridgehead atoms. The van der Waals surface area contributed by atoms with Gasteiger partial charge in [0.15, 0.2) is 0 Å². The second-order valence-electron chi connectivity index (χ2n) is 4.70. The van der Waals surface area contributed by atoms with Crippen molar-refractivity contribution in [2.75, 3.05) is 13.7 Å². The van der Waals surface area contributed by atoms with E-state index in [9.17, 15) is 18.3 Å². The van der Waals surface area contributed by atoms with Crippen LogP contribution in [-0.2, 0) is 11.6 Å². The highest BCUT2D eigenvalue weighted by Gasteiger charge is 2.42. The van der Waals surface area contributed by atoms with Crippen LogP contribution in [0.4, 0.5) is 13.2 Å². The Morgan fingerprint density at radius 3 is 2.39 bits per heavy atom. The first-order valence-electron chi connectivity index (χ1n) is 5.79. The van der Waals surface area contributed by atoms with Crippen molar-refractivity contribution in [1.82, 2.24) is 0 Å². The zero-order valence-electron chi connectivity index (χ0n) is 10.0. The molecule has 18 heavy (non-hydrogen) atoms. The molecule has 0 spiro atoms. The third-order valence-electron chi connectivity index (χ3n) is 3.71. The second-order valence-corrected chi connectivity index (χ2v) is 4.70. The van der Waals surface area contributed by atoms with E-state index in [1.807, 2.05) is 0 Å². The van der Waals surface area contributed by atoms with E-state index in [1.165, 1.54) is 13.2 Å². The predicted octanol–water partition coefficient (Wildman–Crippen LogP) is 3.13. The molecular weight excluding hydrogens is 245 g/mol. The third-order valence-corrected chi connectivity index (χ3v) is 3.71. The van der Waals surface area contributed by atoms with Gasteiger partial charge in [-0.1, -0.05) is 6.42 Å². The summed E-state index contributed by atoms with van der Waals surface area (Å²) < 4.78 is 43.3.